The minimum Gasteiger partial charge on any atom is -0.450 e. The van der Waals surface area contributed by atoms with Crippen molar-refractivity contribution in [1.29, 1.82) is 0 Å². The van der Waals surface area contributed by atoms with Crippen LogP contribution in [0, 0.1) is 5.82 Å². The summed E-state index contributed by atoms with van der Waals surface area (Å²) >= 11 is 1.18. The molecule has 1 aliphatic heterocycles. The predicted molar refractivity (Wildman–Crippen MR) is 120 cm³/mol. The molecule has 10 heteroatoms. The summed E-state index contributed by atoms with van der Waals surface area (Å²) in [4.78, 5) is 43.3. The lowest BCUT2D eigenvalue weighted by Gasteiger charge is -2.31. The molecule has 170 valence electrons. The van der Waals surface area contributed by atoms with E-state index in [0.717, 1.165) is 0 Å². The zero-order valence-electron chi connectivity index (χ0n) is 17.9. The number of hydrogen-bond donors (Lipinski definition) is 1. The van der Waals surface area contributed by atoms with Crippen LogP contribution in [0.25, 0.3) is 6.08 Å². The molecule has 0 unspecified atom stereocenters. The van der Waals surface area contributed by atoms with Crippen molar-refractivity contribution < 1.29 is 23.5 Å². The van der Waals surface area contributed by atoms with Crippen LogP contribution in [0.1, 0.15) is 32.4 Å². The summed E-state index contributed by atoms with van der Waals surface area (Å²) in [6, 6.07) is 5.95. The van der Waals surface area contributed by atoms with E-state index in [9.17, 15) is 18.8 Å². The third-order valence-electron chi connectivity index (χ3n) is 4.88. The maximum absolute atomic E-state index is 14.2. The Morgan fingerprint density at radius 2 is 2.03 bits per heavy atom. The van der Waals surface area contributed by atoms with Gasteiger partial charge in [-0.15, -0.1) is 11.3 Å². The number of benzene rings is 1. The van der Waals surface area contributed by atoms with Gasteiger partial charge in [-0.3, -0.25) is 14.5 Å². The number of rotatable bonds is 6. The summed E-state index contributed by atoms with van der Waals surface area (Å²) in [5.41, 5.74) is 0.608. The molecule has 0 atom stereocenters. The number of para-hydroxylation sites is 1. The van der Waals surface area contributed by atoms with Crippen molar-refractivity contribution in [3.8, 4) is 0 Å². The molecule has 1 fully saturated rings. The van der Waals surface area contributed by atoms with Crippen LogP contribution in [0.3, 0.4) is 0 Å². The topological polar surface area (TPSA) is 91.8 Å². The monoisotopic (exact) mass is 460 g/mol. The molecule has 1 aliphatic rings. The Morgan fingerprint density at radius 1 is 1.31 bits per heavy atom. The van der Waals surface area contributed by atoms with E-state index in [1.54, 1.807) is 35.4 Å². The average molecular weight is 461 g/mol. The van der Waals surface area contributed by atoms with E-state index in [-0.39, 0.29) is 29.6 Å². The number of halogens is 1. The maximum atomic E-state index is 14.2. The van der Waals surface area contributed by atoms with Crippen LogP contribution in [0.5, 0.6) is 0 Å². The summed E-state index contributed by atoms with van der Waals surface area (Å²) in [5, 5.41) is 4.92. The van der Waals surface area contributed by atoms with Gasteiger partial charge < -0.3 is 15.0 Å². The molecule has 0 spiro atoms. The first-order valence-corrected chi connectivity index (χ1v) is 11.2. The number of hydrogen-bond acceptors (Lipinski definition) is 6. The summed E-state index contributed by atoms with van der Waals surface area (Å²) in [6.07, 6.45) is 3.89. The first-order chi connectivity index (χ1) is 15.4. The number of nitrogens with zero attached hydrogens (tertiary/aromatic N) is 3. The summed E-state index contributed by atoms with van der Waals surface area (Å²) in [5.74, 6) is -1.16. The number of thiazole rings is 1. The van der Waals surface area contributed by atoms with Crippen molar-refractivity contribution in [2.24, 2.45) is 0 Å². The highest BCUT2D eigenvalue weighted by molar-refractivity contribution is 7.14. The largest absolute Gasteiger partial charge is 0.450 e. The Balaban J connectivity index is 1.57. The van der Waals surface area contributed by atoms with Gasteiger partial charge in [0.05, 0.1) is 18.0 Å². The van der Waals surface area contributed by atoms with Gasteiger partial charge in [0, 0.05) is 37.5 Å². The Hall–Kier alpha value is -3.27. The molecule has 0 radical (unpaired) electrons. The molecular weight excluding hydrogens is 435 g/mol. The summed E-state index contributed by atoms with van der Waals surface area (Å²) in [7, 11) is 0. The minimum absolute atomic E-state index is 0.0296. The number of nitrogens with one attached hydrogen (secondary N) is 1. The van der Waals surface area contributed by atoms with Gasteiger partial charge in [0.25, 0.3) is 0 Å². The van der Waals surface area contributed by atoms with Crippen molar-refractivity contribution in [3.05, 3.63) is 47.2 Å². The van der Waals surface area contributed by atoms with Crippen molar-refractivity contribution in [2.45, 2.75) is 32.7 Å². The second kappa shape index (κ2) is 10.9. The molecule has 2 heterocycles. The molecular formula is C22H25FN4O4S. The molecule has 8 nitrogen and oxygen atoms in total. The van der Waals surface area contributed by atoms with Crippen molar-refractivity contribution in [2.75, 3.05) is 24.6 Å². The molecule has 1 N–H and O–H groups in total. The first-order valence-electron chi connectivity index (χ1n) is 10.3. The highest BCUT2D eigenvalue weighted by Gasteiger charge is 2.24. The highest BCUT2D eigenvalue weighted by Crippen LogP contribution is 2.30. The minimum atomic E-state index is -0.525. The molecule has 3 amide bonds. The molecule has 3 rings (SSSR count). The van der Waals surface area contributed by atoms with Crippen LogP contribution >= 0.6 is 11.3 Å². The average Bonchev–Trinajstić information content (AvgIpc) is 3.23. The zero-order chi connectivity index (χ0) is 23.1. The second-order valence-electron chi connectivity index (χ2n) is 7.16. The summed E-state index contributed by atoms with van der Waals surface area (Å²) in [6.45, 7) is 4.49. The van der Waals surface area contributed by atoms with Gasteiger partial charge in [-0.2, -0.15) is 0 Å². The molecule has 0 aliphatic carbocycles. The molecule has 32 heavy (non-hydrogen) atoms. The van der Waals surface area contributed by atoms with Crippen LogP contribution in [-0.2, 0) is 14.3 Å². The third-order valence-corrected chi connectivity index (χ3v) is 5.73. The lowest BCUT2D eigenvalue weighted by molar-refractivity contribution is -0.117. The summed E-state index contributed by atoms with van der Waals surface area (Å²) < 4.78 is 19.2. The second-order valence-corrected chi connectivity index (χ2v) is 8.00. The van der Waals surface area contributed by atoms with E-state index >= 15 is 0 Å². The van der Waals surface area contributed by atoms with Crippen LogP contribution in [0.15, 0.2) is 35.7 Å². The fourth-order valence-electron chi connectivity index (χ4n) is 3.33. The SMILES string of the molecule is CCOC(=O)N1CCC(NC(=O)/C=C/c2csc(N(C(C)=O)c3ccccc3F)n2)CC1. The van der Waals surface area contributed by atoms with Crippen LogP contribution < -0.4 is 10.2 Å². The molecule has 1 saturated heterocycles. The van der Waals surface area contributed by atoms with Crippen molar-refractivity contribution in [1.82, 2.24) is 15.2 Å². The lowest BCUT2D eigenvalue weighted by Crippen LogP contribution is -2.46. The van der Waals surface area contributed by atoms with Gasteiger partial charge in [0.1, 0.15) is 5.82 Å². The Bertz CT molecular complexity index is 1000. The van der Waals surface area contributed by atoms with E-state index < -0.39 is 5.82 Å². The van der Waals surface area contributed by atoms with Crippen LogP contribution in [0.4, 0.5) is 20.0 Å². The predicted octanol–water partition coefficient (Wildman–Crippen LogP) is 3.72. The van der Waals surface area contributed by atoms with Crippen LogP contribution in [-0.4, -0.2) is 53.5 Å². The third kappa shape index (κ3) is 5.91. The quantitative estimate of drug-likeness (QED) is 0.664. The van der Waals surface area contributed by atoms with E-state index in [0.29, 0.717) is 43.4 Å². The molecule has 0 bridgehead atoms. The first kappa shape index (κ1) is 23.4. The number of piperidine rings is 1. The van der Waals surface area contributed by atoms with Gasteiger partial charge >= 0.3 is 6.09 Å². The molecule has 0 saturated carbocycles. The van der Waals surface area contributed by atoms with E-state index in [2.05, 4.69) is 10.3 Å². The van der Waals surface area contributed by atoms with Gasteiger partial charge in [-0.05, 0) is 38.0 Å². The number of likely N-dealkylation sites (tertiary alicyclic amines) is 1. The standard InChI is InChI=1S/C22H25FN4O4S/c1-3-31-22(30)26-12-10-16(11-13-26)24-20(29)9-8-17-14-32-21(25-17)27(15(2)28)19-7-5-4-6-18(19)23/h4-9,14,16H,3,10-13H2,1-2H3,(H,24,29)/b9-8+. The highest BCUT2D eigenvalue weighted by atomic mass is 32.1. The lowest BCUT2D eigenvalue weighted by atomic mass is 10.1. The van der Waals surface area contributed by atoms with Crippen LogP contribution in [0.2, 0.25) is 0 Å². The van der Waals surface area contributed by atoms with E-state index in [4.69, 9.17) is 4.74 Å². The van der Waals surface area contributed by atoms with Gasteiger partial charge in [-0.1, -0.05) is 12.1 Å². The Labute approximate surface area is 189 Å². The molecule has 2 aromatic rings. The zero-order valence-corrected chi connectivity index (χ0v) is 18.7. The number of ether oxygens (including phenoxy) is 1. The number of carbonyl (C=O) groups is 3. The number of amides is 3. The van der Waals surface area contributed by atoms with Crippen molar-refractivity contribution in [3.63, 3.8) is 0 Å². The van der Waals surface area contributed by atoms with Gasteiger partial charge in [-0.25, -0.2) is 14.2 Å². The Morgan fingerprint density at radius 3 is 2.69 bits per heavy atom. The molecule has 1 aromatic carbocycles. The maximum Gasteiger partial charge on any atom is 0.409 e. The fourth-order valence-corrected chi connectivity index (χ4v) is 4.18. The van der Waals surface area contributed by atoms with E-state index in [1.165, 1.54) is 41.4 Å². The van der Waals surface area contributed by atoms with Crippen molar-refractivity contribution >= 4 is 46.1 Å². The van der Waals surface area contributed by atoms with E-state index in [1.807, 2.05) is 0 Å². The molecule has 1 aromatic heterocycles. The Kier molecular flexibility index (Phi) is 7.93. The smallest absolute Gasteiger partial charge is 0.409 e. The number of anilines is 2. The van der Waals surface area contributed by atoms with Gasteiger partial charge in [0.2, 0.25) is 11.8 Å². The number of carbonyl (C=O) groups excluding carboxylic acids is 3. The van der Waals surface area contributed by atoms with Gasteiger partial charge in [0.15, 0.2) is 5.13 Å². The fraction of sp³-hybridized carbons (Fsp3) is 0.364. The normalized spacial score (nSPS) is 14.4. The number of aromatic nitrogens is 1.